The van der Waals surface area contributed by atoms with Crippen molar-refractivity contribution in [3.8, 4) is 0 Å². The van der Waals surface area contributed by atoms with Crippen molar-refractivity contribution in [2.24, 2.45) is 11.8 Å². The van der Waals surface area contributed by atoms with Crippen molar-refractivity contribution in [1.82, 2.24) is 9.55 Å². The van der Waals surface area contributed by atoms with Gasteiger partial charge in [-0.1, -0.05) is 39.3 Å². The molecule has 0 radical (unpaired) electrons. The van der Waals surface area contributed by atoms with Gasteiger partial charge < -0.3 is 10.6 Å². The van der Waals surface area contributed by atoms with E-state index in [1.165, 1.54) is 9.47 Å². The molecule has 0 saturated carbocycles. The van der Waals surface area contributed by atoms with Gasteiger partial charge in [-0.05, 0) is 31.6 Å². The molecule has 1 unspecified atom stereocenters. The van der Waals surface area contributed by atoms with E-state index >= 15 is 0 Å². The minimum atomic E-state index is -0.597. The summed E-state index contributed by atoms with van der Waals surface area (Å²) in [5.41, 5.74) is 5.19. The van der Waals surface area contributed by atoms with Gasteiger partial charge in [-0.3, -0.25) is 19.1 Å². The number of aromatic nitrogens is 2. The zero-order valence-corrected chi connectivity index (χ0v) is 16.0. The molecule has 1 amide bonds. The molecule has 1 aliphatic rings. The Morgan fingerprint density at radius 2 is 2.12 bits per heavy atom. The maximum Gasteiger partial charge on any atom is 0.330 e. The molecule has 2 rings (SSSR count). The molecule has 1 heterocycles. The molecule has 1 aromatic heterocycles. The van der Waals surface area contributed by atoms with Crippen LogP contribution in [0.2, 0.25) is 0 Å². The van der Waals surface area contributed by atoms with E-state index in [-0.39, 0.29) is 29.2 Å². The van der Waals surface area contributed by atoms with Crippen LogP contribution in [0.5, 0.6) is 0 Å². The topological polar surface area (TPSA) is 101 Å². The highest BCUT2D eigenvalue weighted by molar-refractivity contribution is 5.97. The summed E-state index contributed by atoms with van der Waals surface area (Å²) in [5, 5.41) is 0. The highest BCUT2D eigenvalue weighted by Gasteiger charge is 2.30. The fourth-order valence-corrected chi connectivity index (χ4v) is 3.27. The smallest absolute Gasteiger partial charge is 0.330 e. The maximum absolute atomic E-state index is 13.1. The van der Waals surface area contributed by atoms with E-state index in [4.69, 9.17) is 5.73 Å². The Labute approximate surface area is 153 Å². The molecule has 0 saturated heterocycles. The Morgan fingerprint density at radius 3 is 2.69 bits per heavy atom. The van der Waals surface area contributed by atoms with E-state index in [1.54, 1.807) is 0 Å². The van der Waals surface area contributed by atoms with E-state index in [0.717, 1.165) is 25.7 Å². The van der Waals surface area contributed by atoms with E-state index in [2.05, 4.69) is 11.1 Å². The van der Waals surface area contributed by atoms with Crippen LogP contribution in [0.4, 0.5) is 11.5 Å². The number of hydrogen-bond acceptors (Lipinski definition) is 4. The molecule has 7 heteroatoms. The van der Waals surface area contributed by atoms with Crippen LogP contribution in [0.1, 0.15) is 52.9 Å². The molecule has 7 nitrogen and oxygen atoms in total. The number of H-pyrrole nitrogens is 1. The van der Waals surface area contributed by atoms with Gasteiger partial charge in [0, 0.05) is 19.0 Å². The average molecular weight is 362 g/mol. The van der Waals surface area contributed by atoms with Crippen LogP contribution in [0, 0.1) is 11.8 Å². The first-order valence-electron chi connectivity index (χ1n) is 9.45. The Hall–Kier alpha value is -2.31. The summed E-state index contributed by atoms with van der Waals surface area (Å²) >= 11 is 0. The molecular weight excluding hydrogens is 332 g/mol. The van der Waals surface area contributed by atoms with Gasteiger partial charge >= 0.3 is 5.69 Å². The number of anilines is 2. The summed E-state index contributed by atoms with van der Waals surface area (Å²) in [6.45, 7) is 6.79. The van der Waals surface area contributed by atoms with Crippen molar-refractivity contribution in [2.45, 2.75) is 59.4 Å². The lowest BCUT2D eigenvalue weighted by atomic mass is 9.92. The predicted molar refractivity (Wildman–Crippen MR) is 104 cm³/mol. The lowest BCUT2D eigenvalue weighted by Gasteiger charge is -2.30. The van der Waals surface area contributed by atoms with Crippen molar-refractivity contribution in [2.75, 3.05) is 17.2 Å². The number of nitrogens with one attached hydrogen (secondary N) is 1. The SMILES string of the molecule is CCCCn1c(N)c(N(CC(C)C)C(=O)C2CC=CCC2)c(=O)[nH]c1=O. The van der Waals surface area contributed by atoms with Crippen LogP contribution in [-0.2, 0) is 11.3 Å². The first kappa shape index (κ1) is 20.0. The van der Waals surface area contributed by atoms with E-state index in [9.17, 15) is 14.4 Å². The number of nitrogens with zero attached hydrogens (tertiary/aromatic N) is 2. The van der Waals surface area contributed by atoms with Gasteiger partial charge in [0.25, 0.3) is 5.56 Å². The summed E-state index contributed by atoms with van der Waals surface area (Å²) in [7, 11) is 0. The summed E-state index contributed by atoms with van der Waals surface area (Å²) in [6.07, 6.45) is 8.02. The highest BCUT2D eigenvalue weighted by atomic mass is 16.2. The van der Waals surface area contributed by atoms with E-state index in [1.807, 2.05) is 26.8 Å². The highest BCUT2D eigenvalue weighted by Crippen LogP contribution is 2.26. The second-order valence-electron chi connectivity index (χ2n) is 7.32. The summed E-state index contributed by atoms with van der Waals surface area (Å²) in [5.74, 6) is -0.0186. The summed E-state index contributed by atoms with van der Waals surface area (Å²) in [4.78, 5) is 41.7. The molecule has 0 fully saturated rings. The molecule has 26 heavy (non-hydrogen) atoms. The molecule has 0 spiro atoms. The molecule has 3 N–H and O–H groups in total. The average Bonchev–Trinajstić information content (AvgIpc) is 2.60. The van der Waals surface area contributed by atoms with Gasteiger partial charge in [-0.15, -0.1) is 0 Å². The third kappa shape index (κ3) is 4.45. The van der Waals surface area contributed by atoms with Crippen LogP contribution in [0.15, 0.2) is 21.7 Å². The number of rotatable bonds is 7. The van der Waals surface area contributed by atoms with Gasteiger partial charge in [-0.2, -0.15) is 0 Å². The van der Waals surface area contributed by atoms with Crippen LogP contribution in [0.25, 0.3) is 0 Å². The zero-order valence-electron chi connectivity index (χ0n) is 16.0. The third-order valence-corrected chi connectivity index (χ3v) is 4.65. The standard InChI is InChI=1S/C19H30N4O3/c1-4-5-11-22-16(20)15(17(24)21-19(22)26)23(12-13(2)3)18(25)14-9-7-6-8-10-14/h6-7,13-14H,4-5,8-12,20H2,1-3H3,(H,21,24,26). The van der Waals surface area contributed by atoms with Gasteiger partial charge in [-0.25, -0.2) is 4.79 Å². The first-order valence-corrected chi connectivity index (χ1v) is 9.45. The molecule has 0 aromatic carbocycles. The van der Waals surface area contributed by atoms with E-state index in [0.29, 0.717) is 19.5 Å². The molecule has 0 bridgehead atoms. The van der Waals surface area contributed by atoms with Crippen molar-refractivity contribution in [3.63, 3.8) is 0 Å². The van der Waals surface area contributed by atoms with Crippen LogP contribution >= 0.6 is 0 Å². The number of carbonyl (C=O) groups is 1. The van der Waals surface area contributed by atoms with Gasteiger partial charge in [0.15, 0.2) is 5.69 Å². The van der Waals surface area contributed by atoms with Gasteiger partial charge in [0.2, 0.25) is 5.91 Å². The predicted octanol–water partition coefficient (Wildman–Crippen LogP) is 2.26. The second kappa shape index (κ2) is 8.87. The summed E-state index contributed by atoms with van der Waals surface area (Å²) < 4.78 is 1.36. The number of allylic oxidation sites excluding steroid dienone is 2. The minimum absolute atomic E-state index is 0.0764. The van der Waals surface area contributed by atoms with E-state index < -0.39 is 11.2 Å². The lowest BCUT2D eigenvalue weighted by molar-refractivity contribution is -0.122. The van der Waals surface area contributed by atoms with Crippen molar-refractivity contribution in [3.05, 3.63) is 33.0 Å². The largest absolute Gasteiger partial charge is 0.383 e. The van der Waals surface area contributed by atoms with Crippen molar-refractivity contribution < 1.29 is 4.79 Å². The minimum Gasteiger partial charge on any atom is -0.383 e. The molecule has 144 valence electrons. The number of nitrogens with two attached hydrogens (primary N) is 1. The number of aromatic amines is 1. The lowest BCUT2D eigenvalue weighted by Crippen LogP contribution is -2.45. The fraction of sp³-hybridized carbons (Fsp3) is 0.632. The Balaban J connectivity index is 2.50. The Morgan fingerprint density at radius 1 is 1.38 bits per heavy atom. The van der Waals surface area contributed by atoms with Gasteiger partial charge in [0.05, 0.1) is 0 Å². The molecule has 1 aliphatic carbocycles. The Kier molecular flexibility index (Phi) is 6.83. The maximum atomic E-state index is 13.1. The van der Waals surface area contributed by atoms with Crippen LogP contribution in [-0.4, -0.2) is 22.0 Å². The van der Waals surface area contributed by atoms with Gasteiger partial charge in [0.1, 0.15) is 5.82 Å². The number of carbonyl (C=O) groups excluding carboxylic acids is 1. The normalized spacial score (nSPS) is 16.8. The fourth-order valence-electron chi connectivity index (χ4n) is 3.27. The molecule has 1 atom stereocenters. The number of nitrogen functional groups attached to an aromatic ring is 1. The first-order chi connectivity index (χ1) is 12.4. The summed E-state index contributed by atoms with van der Waals surface area (Å²) in [6, 6.07) is 0. The zero-order chi connectivity index (χ0) is 19.3. The quantitative estimate of drug-likeness (QED) is 0.727. The molecular formula is C19H30N4O3. The monoisotopic (exact) mass is 362 g/mol. The van der Waals surface area contributed by atoms with Crippen LogP contribution in [0.3, 0.4) is 0 Å². The molecule has 0 aliphatic heterocycles. The molecule has 1 aromatic rings. The number of unbranched alkanes of at least 4 members (excludes halogenated alkanes) is 1. The van der Waals surface area contributed by atoms with Crippen LogP contribution < -0.4 is 21.9 Å². The third-order valence-electron chi connectivity index (χ3n) is 4.65. The Bertz CT molecular complexity index is 776. The number of amides is 1. The second-order valence-corrected chi connectivity index (χ2v) is 7.32. The van der Waals surface area contributed by atoms with Crippen molar-refractivity contribution >= 4 is 17.4 Å². The number of hydrogen-bond donors (Lipinski definition) is 2. The van der Waals surface area contributed by atoms with Crippen molar-refractivity contribution in [1.29, 1.82) is 0 Å².